The van der Waals surface area contributed by atoms with Gasteiger partial charge in [-0.2, -0.15) is 25.4 Å². The number of aromatic nitrogens is 6. The monoisotopic (exact) mass is 430 g/mol. The van der Waals surface area contributed by atoms with Crippen LogP contribution < -0.4 is 10.9 Å². The molecule has 162 valence electrons. The molecule has 0 aliphatic carbocycles. The summed E-state index contributed by atoms with van der Waals surface area (Å²) in [6.07, 6.45) is 5.54. The molecule has 3 aromatic heterocycles. The van der Waals surface area contributed by atoms with Crippen molar-refractivity contribution in [2.75, 3.05) is 18.5 Å². The summed E-state index contributed by atoms with van der Waals surface area (Å²) in [5.74, 6) is 0.217. The highest BCUT2D eigenvalue weighted by Crippen LogP contribution is 2.32. The molecule has 0 saturated carbocycles. The quantitative estimate of drug-likeness (QED) is 0.498. The Hall–Kier alpha value is -3.97. The van der Waals surface area contributed by atoms with Crippen LogP contribution in [0.25, 0.3) is 10.9 Å². The number of nitrogens with one attached hydrogen (secondary N) is 2. The maximum absolute atomic E-state index is 12.6. The Morgan fingerprint density at radius 1 is 1.25 bits per heavy atom. The van der Waals surface area contributed by atoms with Crippen LogP contribution in [-0.4, -0.2) is 43.0 Å². The van der Waals surface area contributed by atoms with Gasteiger partial charge in [-0.05, 0) is 37.1 Å². The number of benzene rings is 1. The van der Waals surface area contributed by atoms with Crippen LogP contribution in [0.15, 0.2) is 53.7 Å². The topological polar surface area (TPSA) is 126 Å². The lowest BCUT2D eigenvalue weighted by atomic mass is 9.96. The Balaban J connectivity index is 1.48. The van der Waals surface area contributed by atoms with Gasteiger partial charge >= 0.3 is 0 Å². The molecule has 2 N–H and O–H groups in total. The molecule has 1 aromatic carbocycles. The van der Waals surface area contributed by atoms with E-state index in [1.807, 2.05) is 31.2 Å². The van der Waals surface area contributed by atoms with E-state index in [-0.39, 0.29) is 23.6 Å². The molecular weight excluding hydrogens is 408 g/mol. The van der Waals surface area contributed by atoms with E-state index in [2.05, 4.69) is 26.6 Å². The van der Waals surface area contributed by atoms with Crippen LogP contribution in [0.5, 0.6) is 0 Å². The van der Waals surface area contributed by atoms with Gasteiger partial charge in [0.2, 0.25) is 0 Å². The number of fused-ring (bicyclic) bond motifs is 1. The van der Waals surface area contributed by atoms with E-state index in [9.17, 15) is 10.1 Å². The van der Waals surface area contributed by atoms with Crippen molar-refractivity contribution in [2.24, 2.45) is 5.92 Å². The Kier molecular flexibility index (Phi) is 5.17. The zero-order valence-electron chi connectivity index (χ0n) is 17.5. The van der Waals surface area contributed by atoms with E-state index in [0.717, 1.165) is 11.3 Å². The van der Waals surface area contributed by atoms with Gasteiger partial charge in [-0.1, -0.05) is 12.1 Å². The number of hydrogen-bond acceptors (Lipinski definition) is 7. The predicted octanol–water partition coefficient (Wildman–Crippen LogP) is 2.77. The molecule has 1 saturated heterocycles. The van der Waals surface area contributed by atoms with Gasteiger partial charge in [0.05, 0.1) is 48.6 Å². The van der Waals surface area contributed by atoms with Gasteiger partial charge < -0.3 is 15.0 Å². The molecule has 0 bridgehead atoms. The van der Waals surface area contributed by atoms with Gasteiger partial charge in [0.25, 0.3) is 5.56 Å². The summed E-state index contributed by atoms with van der Waals surface area (Å²) in [5, 5.41) is 26.4. The number of nitriles is 1. The minimum atomic E-state index is -0.251. The minimum absolute atomic E-state index is 0.00357. The third-order valence-corrected chi connectivity index (χ3v) is 5.88. The fourth-order valence-corrected chi connectivity index (χ4v) is 4.10. The molecule has 10 heteroatoms. The minimum Gasteiger partial charge on any atom is -0.379 e. The Bertz CT molecular complexity index is 1320. The van der Waals surface area contributed by atoms with Crippen LogP contribution in [0.4, 0.5) is 11.5 Å². The van der Waals surface area contributed by atoms with Crippen molar-refractivity contribution in [3.63, 3.8) is 0 Å². The highest BCUT2D eigenvalue weighted by atomic mass is 16.5. The van der Waals surface area contributed by atoms with Gasteiger partial charge in [-0.25, -0.2) is 0 Å². The first-order chi connectivity index (χ1) is 15.7. The lowest BCUT2D eigenvalue weighted by Crippen LogP contribution is -2.30. The first kappa shape index (κ1) is 20.0. The number of rotatable bonds is 5. The Labute approximate surface area is 183 Å². The first-order valence-corrected chi connectivity index (χ1v) is 10.5. The van der Waals surface area contributed by atoms with Crippen molar-refractivity contribution in [1.29, 1.82) is 5.26 Å². The SMILES string of the molecule is CC(c1ccc(Nc2nn([C@H]3COCCC3C#N)c3cc[nH]c(=O)c23)cc1)n1nccn1. The van der Waals surface area contributed by atoms with Crippen LogP contribution >= 0.6 is 0 Å². The highest BCUT2D eigenvalue weighted by molar-refractivity contribution is 5.91. The number of nitrogens with zero attached hydrogens (tertiary/aromatic N) is 6. The normalized spacial score (nSPS) is 19.5. The second-order valence-corrected chi connectivity index (χ2v) is 7.80. The van der Waals surface area contributed by atoms with Crippen LogP contribution in [0.2, 0.25) is 0 Å². The number of pyridine rings is 1. The lowest BCUT2D eigenvalue weighted by molar-refractivity contribution is 0.0359. The lowest BCUT2D eigenvalue weighted by Gasteiger charge is -2.27. The maximum atomic E-state index is 12.6. The molecule has 0 spiro atoms. The van der Waals surface area contributed by atoms with E-state index in [0.29, 0.717) is 36.4 Å². The van der Waals surface area contributed by atoms with Gasteiger partial charge in [0.15, 0.2) is 5.82 Å². The van der Waals surface area contributed by atoms with Crippen LogP contribution in [0.1, 0.15) is 31.0 Å². The van der Waals surface area contributed by atoms with Crippen molar-refractivity contribution < 1.29 is 4.74 Å². The first-order valence-electron chi connectivity index (χ1n) is 10.5. The van der Waals surface area contributed by atoms with Gasteiger partial charge in [-0.15, -0.1) is 0 Å². The van der Waals surface area contributed by atoms with E-state index < -0.39 is 0 Å². The van der Waals surface area contributed by atoms with E-state index in [1.165, 1.54) is 0 Å². The van der Waals surface area contributed by atoms with E-state index >= 15 is 0 Å². The molecular formula is C22H22N8O2. The van der Waals surface area contributed by atoms with Crippen molar-refractivity contribution in [3.05, 3.63) is 64.8 Å². The van der Waals surface area contributed by atoms with E-state index in [1.54, 1.807) is 34.1 Å². The molecule has 1 aliphatic heterocycles. The largest absolute Gasteiger partial charge is 0.379 e. The van der Waals surface area contributed by atoms with Crippen molar-refractivity contribution in [2.45, 2.75) is 25.4 Å². The summed E-state index contributed by atoms with van der Waals surface area (Å²) in [6, 6.07) is 11.7. The fraction of sp³-hybridized carbons (Fsp3) is 0.318. The zero-order chi connectivity index (χ0) is 22.1. The number of H-pyrrole nitrogens is 1. The number of aromatic amines is 1. The molecule has 10 nitrogen and oxygen atoms in total. The Morgan fingerprint density at radius 2 is 2.03 bits per heavy atom. The summed E-state index contributed by atoms with van der Waals surface area (Å²) >= 11 is 0. The predicted molar refractivity (Wildman–Crippen MR) is 117 cm³/mol. The third-order valence-electron chi connectivity index (χ3n) is 5.88. The van der Waals surface area contributed by atoms with Crippen molar-refractivity contribution in [3.8, 4) is 6.07 Å². The molecule has 3 atom stereocenters. The average molecular weight is 430 g/mol. The second-order valence-electron chi connectivity index (χ2n) is 7.80. The van der Waals surface area contributed by atoms with Gasteiger partial charge in [0, 0.05) is 18.5 Å². The van der Waals surface area contributed by atoms with Gasteiger partial charge in [0.1, 0.15) is 5.39 Å². The zero-order valence-corrected chi connectivity index (χ0v) is 17.5. The summed E-state index contributed by atoms with van der Waals surface area (Å²) in [5.41, 5.74) is 2.27. The molecule has 1 aliphatic rings. The fourth-order valence-electron chi connectivity index (χ4n) is 4.10. The molecule has 0 radical (unpaired) electrons. The molecule has 5 rings (SSSR count). The van der Waals surface area contributed by atoms with Crippen LogP contribution in [0.3, 0.4) is 0 Å². The molecule has 2 unspecified atom stereocenters. The molecule has 0 amide bonds. The third kappa shape index (κ3) is 3.52. The van der Waals surface area contributed by atoms with Crippen LogP contribution in [0, 0.1) is 17.2 Å². The highest BCUT2D eigenvalue weighted by Gasteiger charge is 2.30. The molecule has 32 heavy (non-hydrogen) atoms. The summed E-state index contributed by atoms with van der Waals surface area (Å²) < 4.78 is 7.36. The maximum Gasteiger partial charge on any atom is 0.261 e. The van der Waals surface area contributed by atoms with Crippen molar-refractivity contribution in [1.82, 2.24) is 29.8 Å². The summed E-state index contributed by atoms with van der Waals surface area (Å²) in [7, 11) is 0. The van der Waals surface area contributed by atoms with Gasteiger partial charge in [-0.3, -0.25) is 9.48 Å². The van der Waals surface area contributed by atoms with Crippen molar-refractivity contribution >= 4 is 22.4 Å². The Morgan fingerprint density at radius 3 is 2.78 bits per heavy atom. The number of ether oxygens (including phenoxy) is 1. The summed E-state index contributed by atoms with van der Waals surface area (Å²) in [4.78, 5) is 17.0. The molecule has 4 heterocycles. The standard InChI is InChI=1S/C22H22N8O2/c1-14(30-25-9-10-26-30)15-2-4-17(5-3-15)27-21-20-18(6-8-24-22(20)31)29(28-21)19-13-32-11-7-16(19)12-23/h2-6,8-10,14,16,19H,7,11,13H2,1H3,(H,24,31)(H,27,28)/t14?,16?,19-/m0/s1. The molecule has 1 fully saturated rings. The van der Waals surface area contributed by atoms with E-state index in [4.69, 9.17) is 9.84 Å². The second kappa shape index (κ2) is 8.28. The smallest absolute Gasteiger partial charge is 0.261 e. The van der Waals surface area contributed by atoms with Crippen LogP contribution in [-0.2, 0) is 4.74 Å². The summed E-state index contributed by atoms with van der Waals surface area (Å²) in [6.45, 7) is 2.96. The molecule has 4 aromatic rings. The number of hydrogen-bond donors (Lipinski definition) is 2. The average Bonchev–Trinajstić information content (AvgIpc) is 3.48. The number of anilines is 2.